The summed E-state index contributed by atoms with van der Waals surface area (Å²) in [6.45, 7) is 4.35. The minimum absolute atomic E-state index is 0.116. The van der Waals surface area contributed by atoms with E-state index < -0.39 is 6.04 Å². The number of imidazole rings is 1. The van der Waals surface area contributed by atoms with Crippen LogP contribution in [0.2, 0.25) is 0 Å². The van der Waals surface area contributed by atoms with Crippen molar-refractivity contribution in [1.82, 2.24) is 14.9 Å². The first-order chi connectivity index (χ1) is 11.6. The number of carbonyl (C=O) groups is 1. The predicted octanol–water partition coefficient (Wildman–Crippen LogP) is 2.62. The lowest BCUT2D eigenvalue weighted by molar-refractivity contribution is -0.123. The van der Waals surface area contributed by atoms with Crippen LogP contribution in [0.15, 0.2) is 54.9 Å². The van der Waals surface area contributed by atoms with Gasteiger partial charge >= 0.3 is 0 Å². The first kappa shape index (κ1) is 16.2. The average Bonchev–Trinajstić information content (AvgIpc) is 3.03. The second kappa shape index (κ2) is 6.84. The summed E-state index contributed by atoms with van der Waals surface area (Å²) in [6, 6.07) is 15.6. The number of carbonyl (C=O) groups excluding carboxylic acids is 1. The van der Waals surface area contributed by atoms with Gasteiger partial charge in [-0.05, 0) is 35.7 Å². The number of hydrogen-bond acceptors (Lipinski definition) is 3. The number of amides is 1. The van der Waals surface area contributed by atoms with Crippen molar-refractivity contribution in [2.24, 2.45) is 11.7 Å². The second-order valence-corrected chi connectivity index (χ2v) is 6.26. The second-order valence-electron chi connectivity index (χ2n) is 6.26. The summed E-state index contributed by atoms with van der Waals surface area (Å²) in [5.41, 5.74) is 9.96. The first-order valence-electron chi connectivity index (χ1n) is 8.11. The number of aromatic nitrogens is 2. The third kappa shape index (κ3) is 3.31. The van der Waals surface area contributed by atoms with Crippen molar-refractivity contribution in [3.05, 3.63) is 60.4 Å². The fourth-order valence-corrected chi connectivity index (χ4v) is 2.55. The molecule has 2 aromatic carbocycles. The number of hydrogen-bond donors (Lipinski definition) is 2. The van der Waals surface area contributed by atoms with Gasteiger partial charge in [0.25, 0.3) is 0 Å². The molecule has 1 atom stereocenters. The fraction of sp³-hybridized carbons (Fsp3) is 0.263. The van der Waals surface area contributed by atoms with Gasteiger partial charge < -0.3 is 11.1 Å². The molecule has 3 rings (SSSR count). The Hall–Kier alpha value is -2.66. The van der Waals surface area contributed by atoms with Crippen LogP contribution < -0.4 is 11.1 Å². The molecule has 0 fully saturated rings. The molecule has 0 bridgehead atoms. The van der Waals surface area contributed by atoms with Crippen molar-refractivity contribution in [1.29, 1.82) is 0 Å². The molecule has 1 aromatic heterocycles. The van der Waals surface area contributed by atoms with Crippen LogP contribution in [-0.2, 0) is 11.3 Å². The maximum atomic E-state index is 11.9. The molecule has 3 aromatic rings. The average molecular weight is 322 g/mol. The van der Waals surface area contributed by atoms with Gasteiger partial charge in [-0.25, -0.2) is 4.98 Å². The van der Waals surface area contributed by atoms with Crippen LogP contribution in [0, 0.1) is 5.92 Å². The Morgan fingerprint density at radius 2 is 1.88 bits per heavy atom. The van der Waals surface area contributed by atoms with E-state index >= 15 is 0 Å². The molecule has 0 unspecified atom stereocenters. The molecule has 124 valence electrons. The standard InChI is InChI=1S/C19H22N4O/c1-13(2)18(20)19(24)21-11-14-7-9-15(10-8-14)23-12-22-16-5-3-4-6-17(16)23/h3-10,12-13,18H,11,20H2,1-2H3,(H,21,24)/t18-/m0/s1. The molecule has 0 spiro atoms. The van der Waals surface area contributed by atoms with Crippen LogP contribution in [0.1, 0.15) is 19.4 Å². The SMILES string of the molecule is CC(C)[C@H](N)C(=O)NCc1ccc(-n2cnc3ccccc32)cc1. The van der Waals surface area contributed by atoms with E-state index in [4.69, 9.17) is 5.73 Å². The number of benzene rings is 2. The van der Waals surface area contributed by atoms with E-state index in [2.05, 4.69) is 10.3 Å². The minimum atomic E-state index is -0.471. The molecule has 1 heterocycles. The Kier molecular flexibility index (Phi) is 4.62. The topological polar surface area (TPSA) is 72.9 Å². The van der Waals surface area contributed by atoms with Crippen molar-refractivity contribution >= 4 is 16.9 Å². The normalized spacial score (nSPS) is 12.5. The number of rotatable bonds is 5. The van der Waals surface area contributed by atoms with Gasteiger partial charge in [-0.3, -0.25) is 9.36 Å². The third-order valence-electron chi connectivity index (χ3n) is 4.16. The molecular formula is C19H22N4O. The van der Waals surface area contributed by atoms with E-state index in [9.17, 15) is 4.79 Å². The molecular weight excluding hydrogens is 300 g/mol. The van der Waals surface area contributed by atoms with Crippen LogP contribution in [0.4, 0.5) is 0 Å². The van der Waals surface area contributed by atoms with Gasteiger partial charge in [-0.2, -0.15) is 0 Å². The summed E-state index contributed by atoms with van der Waals surface area (Å²) in [5, 5.41) is 2.88. The van der Waals surface area contributed by atoms with Crippen LogP contribution in [0.5, 0.6) is 0 Å². The summed E-state index contributed by atoms with van der Waals surface area (Å²) < 4.78 is 2.05. The van der Waals surface area contributed by atoms with E-state index in [1.165, 1.54) is 0 Å². The first-order valence-corrected chi connectivity index (χ1v) is 8.11. The van der Waals surface area contributed by atoms with Crippen LogP contribution in [-0.4, -0.2) is 21.5 Å². The Bertz CT molecular complexity index is 836. The molecule has 0 aliphatic heterocycles. The highest BCUT2D eigenvalue weighted by atomic mass is 16.2. The summed E-state index contributed by atoms with van der Waals surface area (Å²) in [6.07, 6.45) is 1.82. The van der Waals surface area contributed by atoms with E-state index in [0.29, 0.717) is 6.54 Å². The predicted molar refractivity (Wildman–Crippen MR) is 95.7 cm³/mol. The summed E-state index contributed by atoms with van der Waals surface area (Å²) in [7, 11) is 0. The van der Waals surface area contributed by atoms with Crippen molar-refractivity contribution < 1.29 is 4.79 Å². The number of para-hydroxylation sites is 2. The van der Waals surface area contributed by atoms with Gasteiger partial charge in [0.15, 0.2) is 0 Å². The Morgan fingerprint density at radius 3 is 2.58 bits per heavy atom. The molecule has 0 radical (unpaired) electrons. The monoisotopic (exact) mass is 322 g/mol. The summed E-state index contributed by atoms with van der Waals surface area (Å²) >= 11 is 0. The van der Waals surface area contributed by atoms with E-state index in [1.807, 2.05) is 73.3 Å². The zero-order chi connectivity index (χ0) is 17.1. The van der Waals surface area contributed by atoms with Crippen LogP contribution in [0.25, 0.3) is 16.7 Å². The van der Waals surface area contributed by atoms with E-state index in [1.54, 1.807) is 0 Å². The zero-order valence-electron chi connectivity index (χ0n) is 13.9. The van der Waals surface area contributed by atoms with Gasteiger partial charge in [0.05, 0.1) is 17.1 Å². The molecule has 3 N–H and O–H groups in total. The van der Waals surface area contributed by atoms with Gasteiger partial charge in [-0.1, -0.05) is 38.1 Å². The molecule has 24 heavy (non-hydrogen) atoms. The highest BCUT2D eigenvalue weighted by Gasteiger charge is 2.16. The Balaban J connectivity index is 1.71. The molecule has 5 nitrogen and oxygen atoms in total. The Morgan fingerprint density at radius 1 is 1.17 bits per heavy atom. The van der Waals surface area contributed by atoms with Gasteiger partial charge in [0.1, 0.15) is 6.33 Å². The molecule has 1 amide bonds. The van der Waals surface area contributed by atoms with Crippen LogP contribution >= 0.6 is 0 Å². The van der Waals surface area contributed by atoms with Crippen LogP contribution in [0.3, 0.4) is 0 Å². The highest BCUT2D eigenvalue weighted by Crippen LogP contribution is 2.18. The fourth-order valence-electron chi connectivity index (χ4n) is 2.55. The smallest absolute Gasteiger partial charge is 0.237 e. The Labute approximate surface area is 141 Å². The van der Waals surface area contributed by atoms with E-state index in [-0.39, 0.29) is 11.8 Å². The maximum absolute atomic E-state index is 11.9. The van der Waals surface area contributed by atoms with Crippen molar-refractivity contribution in [3.8, 4) is 5.69 Å². The third-order valence-corrected chi connectivity index (χ3v) is 4.16. The number of fused-ring (bicyclic) bond motifs is 1. The minimum Gasteiger partial charge on any atom is -0.351 e. The van der Waals surface area contributed by atoms with Gasteiger partial charge in [0.2, 0.25) is 5.91 Å². The molecule has 0 aliphatic carbocycles. The number of nitrogens with zero attached hydrogens (tertiary/aromatic N) is 2. The lowest BCUT2D eigenvalue weighted by Crippen LogP contribution is -2.43. The largest absolute Gasteiger partial charge is 0.351 e. The number of nitrogens with two attached hydrogens (primary N) is 1. The maximum Gasteiger partial charge on any atom is 0.237 e. The molecule has 0 saturated carbocycles. The lowest BCUT2D eigenvalue weighted by Gasteiger charge is -2.15. The van der Waals surface area contributed by atoms with E-state index in [0.717, 1.165) is 22.3 Å². The van der Waals surface area contributed by atoms with Crippen molar-refractivity contribution in [3.63, 3.8) is 0 Å². The highest BCUT2D eigenvalue weighted by molar-refractivity contribution is 5.81. The zero-order valence-corrected chi connectivity index (χ0v) is 13.9. The van der Waals surface area contributed by atoms with Gasteiger partial charge in [-0.15, -0.1) is 0 Å². The quantitative estimate of drug-likeness (QED) is 0.758. The summed E-state index contributed by atoms with van der Waals surface area (Å²) in [4.78, 5) is 16.3. The lowest BCUT2D eigenvalue weighted by atomic mass is 10.0. The number of nitrogens with one attached hydrogen (secondary N) is 1. The molecule has 0 saturated heterocycles. The van der Waals surface area contributed by atoms with Crippen molar-refractivity contribution in [2.45, 2.75) is 26.4 Å². The molecule has 5 heteroatoms. The molecule has 0 aliphatic rings. The van der Waals surface area contributed by atoms with Crippen molar-refractivity contribution in [2.75, 3.05) is 0 Å². The summed E-state index contributed by atoms with van der Waals surface area (Å²) in [5.74, 6) is 0.0107. The van der Waals surface area contributed by atoms with Gasteiger partial charge in [0, 0.05) is 12.2 Å².